The third kappa shape index (κ3) is 2.19. The van der Waals surface area contributed by atoms with Gasteiger partial charge in [-0.1, -0.05) is 48.5 Å². The second-order valence-corrected chi connectivity index (χ2v) is 8.11. The van der Waals surface area contributed by atoms with E-state index in [9.17, 15) is 8.42 Å². The number of hydrogen-bond donors (Lipinski definition) is 0. The smallest absolute Gasteiger partial charge is 0.207 e. The van der Waals surface area contributed by atoms with Crippen molar-refractivity contribution in [1.29, 1.82) is 0 Å². The summed E-state index contributed by atoms with van der Waals surface area (Å²) in [5.74, 6) is 0. The van der Waals surface area contributed by atoms with Gasteiger partial charge >= 0.3 is 0 Å². The Morgan fingerprint density at radius 3 is 2.10 bits per heavy atom. The van der Waals surface area contributed by atoms with E-state index in [-0.39, 0.29) is 6.04 Å². The van der Waals surface area contributed by atoms with Crippen molar-refractivity contribution in [2.75, 3.05) is 0 Å². The Morgan fingerprint density at radius 2 is 1.48 bits per heavy atom. The second-order valence-electron chi connectivity index (χ2n) is 6.32. The average Bonchev–Trinajstić information content (AvgIpc) is 2.68. The van der Waals surface area contributed by atoms with E-state index in [1.165, 1.54) is 0 Å². The van der Waals surface area contributed by atoms with E-state index in [4.69, 9.17) is 0 Å². The Morgan fingerprint density at radius 1 is 0.905 bits per heavy atom. The number of rotatable bonds is 1. The highest BCUT2D eigenvalue weighted by Crippen LogP contribution is 2.46. The summed E-state index contributed by atoms with van der Waals surface area (Å²) in [6.07, 6.45) is 0. The second kappa shape index (κ2) is 4.68. The van der Waals surface area contributed by atoms with E-state index in [1.807, 2.05) is 63.2 Å². The lowest BCUT2D eigenvalue weighted by Crippen LogP contribution is -2.44. The summed E-state index contributed by atoms with van der Waals surface area (Å²) in [5, 5.41) is 0. The van der Waals surface area contributed by atoms with Crippen LogP contribution in [0.2, 0.25) is 0 Å². The minimum Gasteiger partial charge on any atom is -0.207 e. The van der Waals surface area contributed by atoms with E-state index < -0.39 is 15.6 Å². The van der Waals surface area contributed by atoms with Crippen molar-refractivity contribution in [2.45, 2.75) is 37.2 Å². The fourth-order valence-corrected chi connectivity index (χ4v) is 5.18. The highest BCUT2D eigenvalue weighted by atomic mass is 32.2. The third-order valence-corrected chi connectivity index (χ3v) is 5.97. The number of sulfonamides is 1. The molecule has 0 N–H and O–H groups in total. The van der Waals surface area contributed by atoms with E-state index >= 15 is 0 Å². The van der Waals surface area contributed by atoms with Gasteiger partial charge in [0.25, 0.3) is 0 Å². The van der Waals surface area contributed by atoms with Crippen LogP contribution in [0.5, 0.6) is 0 Å². The van der Waals surface area contributed by atoms with Gasteiger partial charge in [-0.2, -0.15) is 4.31 Å². The molecular weight excluding hydrogens is 282 g/mol. The van der Waals surface area contributed by atoms with Gasteiger partial charge in [-0.05, 0) is 38.0 Å². The molecule has 0 bridgehead atoms. The van der Waals surface area contributed by atoms with E-state index in [0.717, 1.165) is 11.1 Å². The zero-order valence-corrected chi connectivity index (χ0v) is 13.3. The average molecular weight is 301 g/mol. The Hall–Kier alpha value is -1.65. The summed E-state index contributed by atoms with van der Waals surface area (Å²) >= 11 is 0. The molecule has 1 unspecified atom stereocenters. The lowest BCUT2D eigenvalue weighted by molar-refractivity contribution is 0.222. The van der Waals surface area contributed by atoms with Crippen molar-refractivity contribution >= 4 is 10.0 Å². The minimum absolute atomic E-state index is 0.257. The van der Waals surface area contributed by atoms with Gasteiger partial charge < -0.3 is 0 Å². The predicted molar refractivity (Wildman–Crippen MR) is 83.5 cm³/mol. The maximum absolute atomic E-state index is 12.9. The van der Waals surface area contributed by atoms with Crippen molar-refractivity contribution in [3.63, 3.8) is 0 Å². The largest absolute Gasteiger partial charge is 0.244 e. The Bertz CT molecular complexity index is 761. The Labute approximate surface area is 126 Å². The maximum Gasteiger partial charge on any atom is 0.244 e. The van der Waals surface area contributed by atoms with Gasteiger partial charge in [-0.25, -0.2) is 8.42 Å². The van der Waals surface area contributed by atoms with Crippen molar-refractivity contribution in [3.8, 4) is 0 Å². The summed E-state index contributed by atoms with van der Waals surface area (Å²) in [4.78, 5) is 0.425. The summed E-state index contributed by atoms with van der Waals surface area (Å²) in [6.45, 7) is 5.81. The van der Waals surface area contributed by atoms with Gasteiger partial charge in [0, 0.05) is 5.54 Å². The van der Waals surface area contributed by atoms with Gasteiger partial charge in [0.2, 0.25) is 10.0 Å². The molecule has 0 radical (unpaired) electrons. The molecule has 0 saturated carbocycles. The molecule has 0 saturated heterocycles. The van der Waals surface area contributed by atoms with E-state index in [1.54, 1.807) is 16.4 Å². The minimum atomic E-state index is -3.47. The zero-order chi connectivity index (χ0) is 15.3. The maximum atomic E-state index is 12.9. The molecule has 21 heavy (non-hydrogen) atoms. The molecule has 0 amide bonds. The third-order valence-electron chi connectivity index (χ3n) is 3.76. The molecular formula is C17H19NO2S. The van der Waals surface area contributed by atoms with Crippen molar-refractivity contribution < 1.29 is 8.42 Å². The summed E-state index contributed by atoms with van der Waals surface area (Å²) < 4.78 is 27.5. The fraction of sp³-hybridized carbons (Fsp3) is 0.294. The molecule has 1 aliphatic heterocycles. The van der Waals surface area contributed by atoms with Crippen LogP contribution in [-0.4, -0.2) is 18.3 Å². The van der Waals surface area contributed by atoms with Crippen molar-refractivity contribution in [2.24, 2.45) is 0 Å². The molecule has 0 fully saturated rings. The molecule has 110 valence electrons. The van der Waals surface area contributed by atoms with Gasteiger partial charge in [-0.15, -0.1) is 0 Å². The number of hydrogen-bond acceptors (Lipinski definition) is 2. The zero-order valence-electron chi connectivity index (χ0n) is 12.4. The van der Waals surface area contributed by atoms with Gasteiger partial charge in [0.05, 0.1) is 10.9 Å². The molecule has 0 aromatic heterocycles. The van der Waals surface area contributed by atoms with Crippen LogP contribution in [0.1, 0.15) is 37.9 Å². The van der Waals surface area contributed by atoms with Crippen LogP contribution in [0.4, 0.5) is 0 Å². The molecule has 0 aliphatic carbocycles. The Kier molecular flexibility index (Phi) is 3.19. The van der Waals surface area contributed by atoms with Crippen molar-refractivity contribution in [1.82, 2.24) is 4.31 Å². The highest BCUT2D eigenvalue weighted by Gasteiger charge is 2.48. The highest BCUT2D eigenvalue weighted by molar-refractivity contribution is 7.89. The van der Waals surface area contributed by atoms with Crippen LogP contribution < -0.4 is 0 Å². The number of fused-ring (bicyclic) bond motifs is 1. The van der Waals surface area contributed by atoms with E-state index in [2.05, 4.69) is 0 Å². The summed E-state index contributed by atoms with van der Waals surface area (Å²) in [7, 11) is -3.47. The number of benzene rings is 2. The molecule has 3 nitrogen and oxygen atoms in total. The first kappa shape index (κ1) is 14.3. The quantitative estimate of drug-likeness (QED) is 0.807. The van der Waals surface area contributed by atoms with Crippen LogP contribution in [-0.2, 0) is 10.0 Å². The van der Waals surface area contributed by atoms with Crippen LogP contribution in [0.15, 0.2) is 59.5 Å². The van der Waals surface area contributed by atoms with Gasteiger partial charge in [-0.3, -0.25) is 0 Å². The Balaban J connectivity index is 2.30. The monoisotopic (exact) mass is 301 g/mol. The molecule has 1 atom stereocenters. The lowest BCUT2D eigenvalue weighted by Gasteiger charge is -2.35. The first-order chi connectivity index (χ1) is 9.83. The standard InChI is InChI=1S/C17H19NO2S/c1-17(2,3)18-16(13-9-5-4-6-10-13)14-11-7-8-12-15(14)21(18,19)20/h4-12,16H,1-3H3. The van der Waals surface area contributed by atoms with Gasteiger partial charge in [0.1, 0.15) is 0 Å². The molecule has 1 heterocycles. The van der Waals surface area contributed by atoms with Crippen LogP contribution in [0, 0.1) is 0 Å². The molecule has 2 aromatic carbocycles. The fourth-order valence-electron chi connectivity index (χ4n) is 3.01. The summed E-state index contributed by atoms with van der Waals surface area (Å²) in [5.41, 5.74) is 1.37. The number of nitrogens with zero attached hydrogens (tertiary/aromatic N) is 1. The summed E-state index contributed by atoms with van der Waals surface area (Å²) in [6, 6.07) is 16.9. The van der Waals surface area contributed by atoms with Crippen LogP contribution in [0.25, 0.3) is 0 Å². The lowest BCUT2D eigenvalue weighted by atomic mass is 9.95. The van der Waals surface area contributed by atoms with Crippen LogP contribution >= 0.6 is 0 Å². The first-order valence-electron chi connectivity index (χ1n) is 7.02. The SMILES string of the molecule is CC(C)(C)N1C(c2ccccc2)c2ccccc2S1(=O)=O. The molecule has 3 rings (SSSR count). The molecule has 2 aromatic rings. The molecule has 1 aliphatic rings. The molecule has 4 heteroatoms. The molecule has 0 spiro atoms. The van der Waals surface area contributed by atoms with Gasteiger partial charge in [0.15, 0.2) is 0 Å². The first-order valence-corrected chi connectivity index (χ1v) is 8.46. The van der Waals surface area contributed by atoms with E-state index in [0.29, 0.717) is 4.90 Å². The van der Waals surface area contributed by atoms with Crippen molar-refractivity contribution in [3.05, 3.63) is 65.7 Å². The topological polar surface area (TPSA) is 37.4 Å². The normalized spacial score (nSPS) is 21.2. The predicted octanol–water partition coefficient (Wildman–Crippen LogP) is 3.58. The van der Waals surface area contributed by atoms with Crippen LogP contribution in [0.3, 0.4) is 0 Å².